The van der Waals surface area contributed by atoms with E-state index in [2.05, 4.69) is 5.32 Å². The summed E-state index contributed by atoms with van der Waals surface area (Å²) >= 11 is 0. The number of nitro groups is 1. The van der Waals surface area contributed by atoms with Crippen LogP contribution in [0.5, 0.6) is 0 Å². The van der Waals surface area contributed by atoms with Crippen molar-refractivity contribution in [3.05, 3.63) is 33.9 Å². The van der Waals surface area contributed by atoms with Gasteiger partial charge in [-0.1, -0.05) is 6.07 Å². The summed E-state index contributed by atoms with van der Waals surface area (Å²) in [6.07, 6.45) is -5.06. The topological polar surface area (TPSA) is 58.4 Å². The van der Waals surface area contributed by atoms with Gasteiger partial charge in [-0.3, -0.25) is 10.1 Å². The minimum Gasteiger partial charge on any atom is -0.380 e. The Morgan fingerprint density at radius 2 is 2.05 bits per heavy atom. The summed E-state index contributed by atoms with van der Waals surface area (Å²) in [5, 5.41) is 13.8. The highest BCUT2D eigenvalue weighted by Crippen LogP contribution is 2.26. The maximum Gasteiger partial charge on any atom is 0.390 e. The third kappa shape index (κ3) is 5.99. The molecule has 0 spiro atoms. The first-order chi connectivity index (χ1) is 9.73. The first-order valence-electron chi connectivity index (χ1n) is 6.49. The summed E-state index contributed by atoms with van der Waals surface area (Å²) in [5.74, 6) is 0. The van der Waals surface area contributed by atoms with Crippen molar-refractivity contribution >= 4 is 11.4 Å². The second kappa shape index (κ2) is 7.26. The van der Waals surface area contributed by atoms with Crippen LogP contribution in [0.4, 0.5) is 24.5 Å². The molecule has 0 aliphatic rings. The molecule has 1 N–H and O–H groups in total. The van der Waals surface area contributed by atoms with E-state index in [4.69, 9.17) is 0 Å². The highest BCUT2D eigenvalue weighted by Gasteiger charge is 2.27. The minimum absolute atomic E-state index is 0.0430. The molecule has 0 aliphatic heterocycles. The number of nitro benzene ring substituents is 1. The van der Waals surface area contributed by atoms with Gasteiger partial charge in [0.1, 0.15) is 5.69 Å². The third-order valence-corrected chi connectivity index (χ3v) is 2.85. The van der Waals surface area contributed by atoms with Crippen molar-refractivity contribution in [2.45, 2.75) is 26.1 Å². The first kappa shape index (κ1) is 17.2. The zero-order valence-electron chi connectivity index (χ0n) is 11.9. The Hall–Kier alpha value is -1.83. The maximum absolute atomic E-state index is 12.1. The van der Waals surface area contributed by atoms with Gasteiger partial charge in [-0.05, 0) is 25.6 Å². The molecule has 21 heavy (non-hydrogen) atoms. The van der Waals surface area contributed by atoms with E-state index >= 15 is 0 Å². The van der Waals surface area contributed by atoms with Crippen LogP contribution in [0.1, 0.15) is 18.9 Å². The highest BCUT2D eigenvalue weighted by atomic mass is 19.4. The fraction of sp³-hybridized carbons (Fsp3) is 0.538. The van der Waals surface area contributed by atoms with Gasteiger partial charge < -0.3 is 10.2 Å². The Morgan fingerprint density at radius 3 is 2.57 bits per heavy atom. The second-order valence-corrected chi connectivity index (χ2v) is 4.74. The van der Waals surface area contributed by atoms with Crippen LogP contribution in [0, 0.1) is 10.1 Å². The summed E-state index contributed by atoms with van der Waals surface area (Å²) < 4.78 is 36.4. The summed E-state index contributed by atoms with van der Waals surface area (Å²) in [6, 6.07) is 4.53. The Labute approximate surface area is 120 Å². The molecule has 118 valence electrons. The van der Waals surface area contributed by atoms with Crippen LogP contribution in [0.25, 0.3) is 0 Å². The lowest BCUT2D eigenvalue weighted by molar-refractivity contribution is -0.384. The molecular weight excluding hydrogens is 287 g/mol. The monoisotopic (exact) mass is 305 g/mol. The van der Waals surface area contributed by atoms with Gasteiger partial charge in [0, 0.05) is 25.7 Å². The Bertz CT molecular complexity index is 492. The number of nitrogens with one attached hydrogen (secondary N) is 1. The van der Waals surface area contributed by atoms with Crippen molar-refractivity contribution in [2.75, 3.05) is 25.5 Å². The molecule has 0 bridgehead atoms. The zero-order valence-corrected chi connectivity index (χ0v) is 11.9. The number of anilines is 1. The van der Waals surface area contributed by atoms with Gasteiger partial charge in [0.25, 0.3) is 5.69 Å². The molecule has 1 rings (SSSR count). The van der Waals surface area contributed by atoms with Crippen LogP contribution in [0.2, 0.25) is 0 Å². The van der Waals surface area contributed by atoms with E-state index in [1.54, 1.807) is 19.2 Å². The van der Waals surface area contributed by atoms with E-state index in [1.807, 2.05) is 6.92 Å². The number of nitrogens with zero attached hydrogens (tertiary/aromatic N) is 2. The number of hydrogen-bond acceptors (Lipinski definition) is 4. The van der Waals surface area contributed by atoms with E-state index in [-0.39, 0.29) is 12.2 Å². The van der Waals surface area contributed by atoms with Crippen molar-refractivity contribution in [1.82, 2.24) is 4.90 Å². The number of rotatable bonds is 7. The largest absolute Gasteiger partial charge is 0.390 e. The lowest BCUT2D eigenvalue weighted by Gasteiger charge is -2.18. The van der Waals surface area contributed by atoms with Crippen molar-refractivity contribution < 1.29 is 18.1 Å². The van der Waals surface area contributed by atoms with E-state index in [9.17, 15) is 23.3 Å². The molecule has 0 saturated heterocycles. The van der Waals surface area contributed by atoms with Crippen LogP contribution in [-0.4, -0.2) is 36.1 Å². The Morgan fingerprint density at radius 1 is 1.38 bits per heavy atom. The fourth-order valence-electron chi connectivity index (χ4n) is 1.88. The van der Waals surface area contributed by atoms with Crippen LogP contribution in [-0.2, 0) is 6.54 Å². The van der Waals surface area contributed by atoms with Gasteiger partial charge in [0.05, 0.1) is 11.3 Å². The van der Waals surface area contributed by atoms with Gasteiger partial charge in [0.2, 0.25) is 0 Å². The van der Waals surface area contributed by atoms with Crippen molar-refractivity contribution in [2.24, 2.45) is 0 Å². The average Bonchev–Trinajstić information content (AvgIpc) is 2.36. The molecule has 0 aliphatic carbocycles. The number of benzene rings is 1. The molecule has 0 radical (unpaired) electrons. The van der Waals surface area contributed by atoms with E-state index in [0.717, 1.165) is 5.56 Å². The molecular formula is C13H18F3N3O2. The SMILES string of the molecule is CCNc1cc(CN(C)CCC(F)(F)F)ccc1[N+](=O)[O-]. The molecule has 5 nitrogen and oxygen atoms in total. The number of alkyl halides is 3. The first-order valence-corrected chi connectivity index (χ1v) is 6.49. The van der Waals surface area contributed by atoms with E-state index in [0.29, 0.717) is 18.8 Å². The van der Waals surface area contributed by atoms with Crippen LogP contribution in [0.15, 0.2) is 18.2 Å². The van der Waals surface area contributed by atoms with Crippen LogP contribution >= 0.6 is 0 Å². The Kier molecular flexibility index (Phi) is 5.95. The molecule has 1 aromatic carbocycles. The highest BCUT2D eigenvalue weighted by molar-refractivity contribution is 5.62. The van der Waals surface area contributed by atoms with Gasteiger partial charge >= 0.3 is 6.18 Å². The summed E-state index contributed by atoms with van der Waals surface area (Å²) in [6.45, 7) is 2.52. The quantitative estimate of drug-likeness (QED) is 0.619. The van der Waals surface area contributed by atoms with Gasteiger partial charge in [-0.15, -0.1) is 0 Å². The number of halogens is 3. The molecule has 0 atom stereocenters. The van der Waals surface area contributed by atoms with Gasteiger partial charge in [-0.25, -0.2) is 0 Å². The molecule has 0 fully saturated rings. The van der Waals surface area contributed by atoms with Crippen molar-refractivity contribution in [3.8, 4) is 0 Å². The van der Waals surface area contributed by atoms with E-state index < -0.39 is 17.5 Å². The number of hydrogen-bond donors (Lipinski definition) is 1. The zero-order chi connectivity index (χ0) is 16.0. The van der Waals surface area contributed by atoms with Gasteiger partial charge in [-0.2, -0.15) is 13.2 Å². The summed E-state index contributed by atoms with van der Waals surface area (Å²) in [4.78, 5) is 11.9. The molecule has 0 unspecified atom stereocenters. The second-order valence-electron chi connectivity index (χ2n) is 4.74. The van der Waals surface area contributed by atoms with E-state index in [1.165, 1.54) is 11.0 Å². The van der Waals surface area contributed by atoms with Crippen LogP contribution in [0.3, 0.4) is 0 Å². The maximum atomic E-state index is 12.1. The smallest absolute Gasteiger partial charge is 0.380 e. The predicted molar refractivity (Wildman–Crippen MR) is 74.3 cm³/mol. The van der Waals surface area contributed by atoms with Crippen molar-refractivity contribution in [3.63, 3.8) is 0 Å². The lowest BCUT2D eigenvalue weighted by atomic mass is 10.1. The van der Waals surface area contributed by atoms with Crippen LogP contribution < -0.4 is 5.32 Å². The molecule has 0 heterocycles. The summed E-state index contributed by atoms with van der Waals surface area (Å²) in [5.41, 5.74) is 1.06. The lowest BCUT2D eigenvalue weighted by Crippen LogP contribution is -2.24. The standard InChI is InChI=1S/C13H18F3N3O2/c1-3-17-11-8-10(4-5-12(11)19(20)21)9-18(2)7-6-13(14,15)16/h4-5,8,17H,3,6-7,9H2,1-2H3. The molecule has 0 aromatic heterocycles. The molecule has 0 amide bonds. The average molecular weight is 305 g/mol. The predicted octanol–water partition coefficient (Wildman–Crippen LogP) is 3.41. The molecule has 1 aromatic rings. The molecule has 8 heteroatoms. The molecule has 0 saturated carbocycles. The van der Waals surface area contributed by atoms with Crippen molar-refractivity contribution in [1.29, 1.82) is 0 Å². The fourth-order valence-corrected chi connectivity index (χ4v) is 1.88. The third-order valence-electron chi connectivity index (χ3n) is 2.85. The normalized spacial score (nSPS) is 11.7. The Balaban J connectivity index is 2.75. The minimum atomic E-state index is -4.18. The summed E-state index contributed by atoms with van der Waals surface area (Å²) in [7, 11) is 1.58. The van der Waals surface area contributed by atoms with Gasteiger partial charge in [0.15, 0.2) is 0 Å².